The fourth-order valence-corrected chi connectivity index (χ4v) is 2.56. The van der Waals surface area contributed by atoms with Crippen molar-refractivity contribution in [3.05, 3.63) is 78.0 Å². The number of rotatable bonds is 4. The SMILES string of the molecule is CC(O)/C=C/c1cn(Cc2ccccc2)c2ccccc12. The lowest BCUT2D eigenvalue weighted by molar-refractivity contribution is 0.245. The third-order valence-electron chi connectivity index (χ3n) is 3.57. The fraction of sp³-hybridized carbons (Fsp3) is 0.158. The van der Waals surface area contributed by atoms with Gasteiger partial charge in [0.1, 0.15) is 0 Å². The van der Waals surface area contributed by atoms with Crippen molar-refractivity contribution in [2.75, 3.05) is 0 Å². The van der Waals surface area contributed by atoms with Gasteiger partial charge in [-0.1, -0.05) is 60.7 Å². The smallest absolute Gasteiger partial charge is 0.0696 e. The van der Waals surface area contributed by atoms with Crippen LogP contribution in [0.15, 0.2) is 66.9 Å². The molecule has 0 aliphatic carbocycles. The van der Waals surface area contributed by atoms with Gasteiger partial charge in [0.15, 0.2) is 0 Å². The van der Waals surface area contributed by atoms with Gasteiger partial charge in [-0.15, -0.1) is 0 Å². The lowest BCUT2D eigenvalue weighted by atomic mass is 10.1. The Bertz CT molecular complexity index is 754. The predicted molar refractivity (Wildman–Crippen MR) is 88.2 cm³/mol. The highest BCUT2D eigenvalue weighted by Crippen LogP contribution is 2.23. The highest BCUT2D eigenvalue weighted by atomic mass is 16.3. The molecule has 0 bridgehead atoms. The van der Waals surface area contributed by atoms with Gasteiger partial charge in [-0.2, -0.15) is 0 Å². The van der Waals surface area contributed by atoms with Gasteiger partial charge in [0, 0.05) is 23.6 Å². The summed E-state index contributed by atoms with van der Waals surface area (Å²) in [4.78, 5) is 0. The summed E-state index contributed by atoms with van der Waals surface area (Å²) in [5.41, 5.74) is 3.64. The average Bonchev–Trinajstić information content (AvgIpc) is 2.85. The average molecular weight is 277 g/mol. The highest BCUT2D eigenvalue weighted by molar-refractivity contribution is 5.89. The maximum absolute atomic E-state index is 9.43. The Balaban J connectivity index is 2.03. The van der Waals surface area contributed by atoms with Gasteiger partial charge in [-0.3, -0.25) is 0 Å². The Morgan fingerprint density at radius 3 is 2.52 bits per heavy atom. The van der Waals surface area contributed by atoms with Crippen LogP contribution in [-0.4, -0.2) is 15.8 Å². The van der Waals surface area contributed by atoms with E-state index in [2.05, 4.69) is 59.3 Å². The van der Waals surface area contributed by atoms with E-state index < -0.39 is 6.10 Å². The Morgan fingerprint density at radius 2 is 1.76 bits per heavy atom. The van der Waals surface area contributed by atoms with Crippen LogP contribution in [0.2, 0.25) is 0 Å². The van der Waals surface area contributed by atoms with Crippen molar-refractivity contribution in [1.29, 1.82) is 0 Å². The monoisotopic (exact) mass is 277 g/mol. The molecule has 1 unspecified atom stereocenters. The molecule has 2 nitrogen and oxygen atoms in total. The summed E-state index contributed by atoms with van der Waals surface area (Å²) < 4.78 is 2.26. The first kappa shape index (κ1) is 13.7. The molecule has 2 heteroatoms. The molecule has 0 fully saturated rings. The summed E-state index contributed by atoms with van der Waals surface area (Å²) in [7, 11) is 0. The predicted octanol–water partition coefficient (Wildman–Crippen LogP) is 4.08. The van der Waals surface area contributed by atoms with Crippen LogP contribution in [-0.2, 0) is 6.54 Å². The van der Waals surface area contributed by atoms with Crippen molar-refractivity contribution >= 4 is 17.0 Å². The van der Waals surface area contributed by atoms with E-state index in [-0.39, 0.29) is 0 Å². The molecule has 0 aliphatic heterocycles. The molecule has 0 saturated heterocycles. The van der Waals surface area contributed by atoms with Crippen LogP contribution in [0.1, 0.15) is 18.1 Å². The van der Waals surface area contributed by atoms with E-state index in [1.807, 2.05) is 18.2 Å². The van der Waals surface area contributed by atoms with Crippen LogP contribution in [0.5, 0.6) is 0 Å². The van der Waals surface area contributed by atoms with Gasteiger partial charge < -0.3 is 9.67 Å². The van der Waals surface area contributed by atoms with Crippen LogP contribution in [0, 0.1) is 0 Å². The van der Waals surface area contributed by atoms with E-state index in [9.17, 15) is 5.11 Å². The summed E-state index contributed by atoms with van der Waals surface area (Å²) >= 11 is 0. The first-order chi connectivity index (χ1) is 10.2. The molecule has 2 aromatic carbocycles. The summed E-state index contributed by atoms with van der Waals surface area (Å²) in [5, 5.41) is 10.6. The topological polar surface area (TPSA) is 25.2 Å². The van der Waals surface area contributed by atoms with E-state index in [1.165, 1.54) is 16.5 Å². The number of aliphatic hydroxyl groups is 1. The zero-order valence-electron chi connectivity index (χ0n) is 12.1. The summed E-state index contributed by atoms with van der Waals surface area (Å²) in [5.74, 6) is 0. The minimum Gasteiger partial charge on any atom is -0.389 e. The van der Waals surface area contributed by atoms with Crippen molar-refractivity contribution < 1.29 is 5.11 Å². The largest absolute Gasteiger partial charge is 0.389 e. The lowest BCUT2D eigenvalue weighted by Gasteiger charge is -2.05. The minimum atomic E-state index is -0.429. The van der Waals surface area contributed by atoms with Crippen molar-refractivity contribution in [3.8, 4) is 0 Å². The number of hydrogen-bond acceptors (Lipinski definition) is 1. The van der Waals surface area contributed by atoms with E-state index >= 15 is 0 Å². The molecule has 0 saturated carbocycles. The second-order valence-electron chi connectivity index (χ2n) is 5.31. The molecule has 0 radical (unpaired) electrons. The third kappa shape index (κ3) is 3.06. The molecule has 1 atom stereocenters. The van der Waals surface area contributed by atoms with Crippen LogP contribution in [0.3, 0.4) is 0 Å². The molecule has 3 rings (SSSR count). The van der Waals surface area contributed by atoms with E-state index in [4.69, 9.17) is 0 Å². The molecule has 1 N–H and O–H groups in total. The van der Waals surface area contributed by atoms with Crippen molar-refractivity contribution in [1.82, 2.24) is 4.57 Å². The second-order valence-corrected chi connectivity index (χ2v) is 5.31. The highest BCUT2D eigenvalue weighted by Gasteiger charge is 2.06. The number of nitrogens with zero attached hydrogens (tertiary/aromatic N) is 1. The fourth-order valence-electron chi connectivity index (χ4n) is 2.56. The first-order valence-corrected chi connectivity index (χ1v) is 7.22. The molecule has 0 spiro atoms. The minimum absolute atomic E-state index is 0.429. The van der Waals surface area contributed by atoms with Gasteiger partial charge in [0.05, 0.1) is 6.10 Å². The Kier molecular flexibility index (Phi) is 3.89. The second kappa shape index (κ2) is 5.98. The molecular formula is C19H19NO. The van der Waals surface area contributed by atoms with Crippen molar-refractivity contribution in [2.45, 2.75) is 19.6 Å². The summed E-state index contributed by atoms with van der Waals surface area (Å²) in [6.45, 7) is 2.61. The van der Waals surface area contributed by atoms with Crippen LogP contribution in [0.4, 0.5) is 0 Å². The van der Waals surface area contributed by atoms with Crippen LogP contribution < -0.4 is 0 Å². The van der Waals surface area contributed by atoms with E-state index in [1.54, 1.807) is 6.92 Å². The Labute approximate surface area is 125 Å². The lowest BCUT2D eigenvalue weighted by Crippen LogP contribution is -1.97. The van der Waals surface area contributed by atoms with Gasteiger partial charge in [0.25, 0.3) is 0 Å². The standard InChI is InChI=1S/C19H19NO/c1-15(21)11-12-17-14-20(13-16-7-3-2-4-8-16)19-10-6-5-9-18(17)19/h2-12,14-15,21H,13H2,1H3/b12-11+. The molecule has 1 aromatic heterocycles. The molecular weight excluding hydrogens is 258 g/mol. The van der Waals surface area contributed by atoms with Crippen LogP contribution in [0.25, 0.3) is 17.0 Å². The zero-order valence-corrected chi connectivity index (χ0v) is 12.1. The van der Waals surface area contributed by atoms with Crippen molar-refractivity contribution in [2.24, 2.45) is 0 Å². The van der Waals surface area contributed by atoms with Gasteiger partial charge >= 0.3 is 0 Å². The molecule has 0 amide bonds. The number of hydrogen-bond donors (Lipinski definition) is 1. The van der Waals surface area contributed by atoms with Crippen molar-refractivity contribution in [3.63, 3.8) is 0 Å². The van der Waals surface area contributed by atoms with Gasteiger partial charge in [0.2, 0.25) is 0 Å². The summed E-state index contributed by atoms with van der Waals surface area (Å²) in [6, 6.07) is 18.8. The van der Waals surface area contributed by atoms with Gasteiger partial charge in [-0.25, -0.2) is 0 Å². The number of para-hydroxylation sites is 1. The van der Waals surface area contributed by atoms with Crippen LogP contribution >= 0.6 is 0 Å². The maximum Gasteiger partial charge on any atom is 0.0696 e. The Hall–Kier alpha value is -2.32. The molecule has 21 heavy (non-hydrogen) atoms. The zero-order chi connectivity index (χ0) is 14.7. The number of aromatic nitrogens is 1. The molecule has 106 valence electrons. The first-order valence-electron chi connectivity index (χ1n) is 7.22. The maximum atomic E-state index is 9.43. The number of aliphatic hydroxyl groups excluding tert-OH is 1. The molecule has 3 aromatic rings. The molecule has 1 heterocycles. The number of benzene rings is 2. The van der Waals surface area contributed by atoms with Gasteiger partial charge in [-0.05, 0) is 24.1 Å². The third-order valence-corrected chi connectivity index (χ3v) is 3.57. The molecule has 0 aliphatic rings. The van der Waals surface area contributed by atoms with E-state index in [0.717, 1.165) is 12.1 Å². The number of fused-ring (bicyclic) bond motifs is 1. The Morgan fingerprint density at radius 1 is 1.05 bits per heavy atom. The quantitative estimate of drug-likeness (QED) is 0.763. The summed E-state index contributed by atoms with van der Waals surface area (Å²) in [6.07, 6.45) is 5.53. The normalized spacial score (nSPS) is 13.0. The van der Waals surface area contributed by atoms with E-state index in [0.29, 0.717) is 0 Å².